The van der Waals surface area contributed by atoms with Gasteiger partial charge in [-0.15, -0.1) is 0 Å². The molecule has 140 valence electrons. The van der Waals surface area contributed by atoms with E-state index in [9.17, 15) is 18.0 Å². The number of likely N-dealkylation sites (N-methyl/N-ethyl adjacent to an activating group) is 1. The molecule has 1 fully saturated rings. The zero-order valence-corrected chi connectivity index (χ0v) is 14.8. The van der Waals surface area contributed by atoms with Gasteiger partial charge in [0.25, 0.3) is 0 Å². The molecule has 1 heterocycles. The van der Waals surface area contributed by atoms with Gasteiger partial charge >= 0.3 is 29.5 Å². The Hall–Kier alpha value is -2.21. The molecule has 1 unspecified atom stereocenters. The lowest BCUT2D eigenvalue weighted by atomic mass is 9.80. The number of nitrogens with zero attached hydrogens (tertiary/aromatic N) is 1. The molecular formula is C15H18BNO8S. The van der Waals surface area contributed by atoms with Crippen LogP contribution in [0, 0.1) is 0 Å². The van der Waals surface area contributed by atoms with Crippen LogP contribution in [0.2, 0.25) is 0 Å². The summed E-state index contributed by atoms with van der Waals surface area (Å²) in [6.45, 7) is -0.365. The highest BCUT2D eigenvalue weighted by molar-refractivity contribution is 7.81. The molecule has 1 aliphatic heterocycles. The molecule has 0 bridgehead atoms. The van der Waals surface area contributed by atoms with Crippen LogP contribution in [0.5, 0.6) is 0 Å². The average molecular weight is 383 g/mol. The molecule has 26 heavy (non-hydrogen) atoms. The fraction of sp³-hybridized carbons (Fsp3) is 0.333. The van der Waals surface area contributed by atoms with E-state index in [0.29, 0.717) is 6.42 Å². The fourth-order valence-electron chi connectivity index (χ4n) is 2.25. The van der Waals surface area contributed by atoms with E-state index in [2.05, 4.69) is 4.18 Å². The van der Waals surface area contributed by atoms with Gasteiger partial charge in [-0.2, -0.15) is 8.42 Å². The summed E-state index contributed by atoms with van der Waals surface area (Å²) in [5.41, 5.74) is 0.933. The molecule has 1 aliphatic rings. The summed E-state index contributed by atoms with van der Waals surface area (Å²) >= 11 is 0. The Morgan fingerprint density at radius 3 is 2.35 bits per heavy atom. The zero-order chi connectivity index (χ0) is 19.2. The van der Waals surface area contributed by atoms with Crippen LogP contribution in [0.1, 0.15) is 5.56 Å². The minimum Gasteiger partial charge on any atom is -0.496 e. The number of allylic oxidation sites excluding steroid dienone is 1. The molecule has 11 heteroatoms. The van der Waals surface area contributed by atoms with Crippen LogP contribution in [-0.2, 0) is 39.9 Å². The van der Waals surface area contributed by atoms with Crippen molar-refractivity contribution in [2.24, 2.45) is 0 Å². The number of carbonyl (C=O) groups excluding carboxylic acids is 2. The third kappa shape index (κ3) is 6.96. The van der Waals surface area contributed by atoms with Crippen molar-refractivity contribution in [3.8, 4) is 0 Å². The lowest BCUT2D eigenvalue weighted by Gasteiger charge is -2.24. The molecule has 0 saturated carbocycles. The topological polar surface area (TPSA) is 119 Å². The van der Waals surface area contributed by atoms with E-state index in [0.717, 1.165) is 5.56 Å². The minimum absolute atomic E-state index is 0.183. The first-order chi connectivity index (χ1) is 12.2. The monoisotopic (exact) mass is 383 g/mol. The maximum atomic E-state index is 11.8. The van der Waals surface area contributed by atoms with Crippen molar-refractivity contribution in [3.05, 3.63) is 48.0 Å². The van der Waals surface area contributed by atoms with Gasteiger partial charge in [0.05, 0.1) is 13.1 Å². The Kier molecular flexibility index (Phi) is 6.92. The first kappa shape index (κ1) is 20.1. The Morgan fingerprint density at radius 1 is 1.23 bits per heavy atom. The maximum Gasteiger partial charge on any atom is 0.635 e. The standard InChI is InChI=1S/C15H18BNO8S/c1-17-10-14(18)23-16(24-15(19)11-17)13(25-26(20,21)22)9-5-8-12-6-3-2-4-7-12/h2-7,9,13H,8,10-11H2,1H3,(H,20,21,22). The van der Waals surface area contributed by atoms with Gasteiger partial charge in [0, 0.05) is 0 Å². The smallest absolute Gasteiger partial charge is 0.496 e. The second-order valence-electron chi connectivity index (χ2n) is 5.63. The predicted octanol–water partition coefficient (Wildman–Crippen LogP) is 0.0325. The molecule has 1 N–H and O–H groups in total. The van der Waals surface area contributed by atoms with Crippen molar-refractivity contribution in [3.63, 3.8) is 0 Å². The van der Waals surface area contributed by atoms with Gasteiger partial charge in [0.15, 0.2) is 6.00 Å². The lowest BCUT2D eigenvalue weighted by molar-refractivity contribution is -0.146. The molecule has 1 atom stereocenters. The summed E-state index contributed by atoms with van der Waals surface area (Å²) in [7, 11) is -5.00. The number of benzene rings is 1. The Bertz CT molecular complexity index is 747. The van der Waals surface area contributed by atoms with Crippen LogP contribution in [-0.4, -0.2) is 63.1 Å². The number of carbonyl (C=O) groups is 2. The first-order valence-corrected chi connectivity index (χ1v) is 9.03. The summed E-state index contributed by atoms with van der Waals surface area (Å²) in [5, 5.41) is 0. The van der Waals surface area contributed by atoms with Crippen LogP contribution < -0.4 is 0 Å². The molecule has 1 aromatic rings. The largest absolute Gasteiger partial charge is 0.635 e. The maximum absolute atomic E-state index is 11.8. The lowest BCUT2D eigenvalue weighted by Crippen LogP contribution is -2.48. The molecule has 9 nitrogen and oxygen atoms in total. The van der Waals surface area contributed by atoms with Crippen LogP contribution in [0.3, 0.4) is 0 Å². The highest BCUT2D eigenvalue weighted by Crippen LogP contribution is 2.12. The second kappa shape index (κ2) is 8.94. The number of hydrogen-bond donors (Lipinski definition) is 1. The number of rotatable bonds is 6. The highest BCUT2D eigenvalue weighted by Gasteiger charge is 2.41. The quantitative estimate of drug-likeness (QED) is 0.412. The molecule has 0 spiro atoms. The Labute approximate surface area is 151 Å². The predicted molar refractivity (Wildman–Crippen MR) is 91.1 cm³/mol. The molecule has 0 radical (unpaired) electrons. The van der Waals surface area contributed by atoms with Crippen molar-refractivity contribution >= 4 is 29.5 Å². The summed E-state index contributed by atoms with van der Waals surface area (Å²) in [6, 6.07) is 7.71. The zero-order valence-electron chi connectivity index (χ0n) is 14.0. The van der Waals surface area contributed by atoms with E-state index < -0.39 is 35.5 Å². The van der Waals surface area contributed by atoms with Crippen LogP contribution in [0.4, 0.5) is 0 Å². The van der Waals surface area contributed by atoms with Crippen molar-refractivity contribution in [2.75, 3.05) is 20.1 Å². The molecule has 1 saturated heterocycles. The fourth-order valence-corrected chi connectivity index (χ4v) is 2.69. The van der Waals surface area contributed by atoms with Gasteiger partial charge in [0.2, 0.25) is 0 Å². The van der Waals surface area contributed by atoms with Crippen molar-refractivity contribution in [1.29, 1.82) is 0 Å². The van der Waals surface area contributed by atoms with E-state index in [1.54, 1.807) is 6.08 Å². The molecule has 0 aliphatic carbocycles. The summed E-state index contributed by atoms with van der Waals surface area (Å²) in [4.78, 5) is 24.9. The summed E-state index contributed by atoms with van der Waals surface area (Å²) in [5.74, 6) is -1.46. The first-order valence-electron chi connectivity index (χ1n) is 7.67. The van der Waals surface area contributed by atoms with Crippen molar-refractivity contribution in [2.45, 2.75) is 12.4 Å². The highest BCUT2D eigenvalue weighted by atomic mass is 32.3. The van der Waals surface area contributed by atoms with Gasteiger partial charge in [0.1, 0.15) is 0 Å². The number of hydrogen-bond acceptors (Lipinski definition) is 8. The van der Waals surface area contributed by atoms with E-state index in [-0.39, 0.29) is 13.1 Å². The van der Waals surface area contributed by atoms with Crippen LogP contribution in [0.15, 0.2) is 42.5 Å². The normalized spacial score (nSPS) is 18.2. The average Bonchev–Trinajstić information content (AvgIpc) is 2.51. The van der Waals surface area contributed by atoms with E-state index >= 15 is 0 Å². The molecule has 0 amide bonds. The third-order valence-electron chi connectivity index (χ3n) is 3.32. The van der Waals surface area contributed by atoms with Gasteiger partial charge in [-0.05, 0) is 19.0 Å². The molecule has 2 rings (SSSR count). The summed E-state index contributed by atoms with van der Waals surface area (Å²) < 4.78 is 45.6. The van der Waals surface area contributed by atoms with Gasteiger partial charge in [-0.25, -0.2) is 4.18 Å². The molecule has 0 aromatic heterocycles. The van der Waals surface area contributed by atoms with Crippen LogP contribution >= 0.6 is 0 Å². The minimum atomic E-state index is -4.88. The van der Waals surface area contributed by atoms with Gasteiger partial charge in [-0.1, -0.05) is 42.5 Å². The van der Waals surface area contributed by atoms with E-state index in [4.69, 9.17) is 13.9 Å². The second-order valence-corrected chi connectivity index (χ2v) is 6.67. The van der Waals surface area contributed by atoms with E-state index in [1.165, 1.54) is 18.0 Å². The summed E-state index contributed by atoms with van der Waals surface area (Å²) in [6.07, 6.45) is 3.22. The van der Waals surface area contributed by atoms with Crippen molar-refractivity contribution < 1.29 is 36.1 Å². The Morgan fingerprint density at radius 2 is 1.81 bits per heavy atom. The van der Waals surface area contributed by atoms with Crippen LogP contribution in [0.25, 0.3) is 0 Å². The van der Waals surface area contributed by atoms with Gasteiger partial charge in [-0.3, -0.25) is 19.0 Å². The molecular weight excluding hydrogens is 365 g/mol. The van der Waals surface area contributed by atoms with Crippen molar-refractivity contribution in [1.82, 2.24) is 4.90 Å². The van der Waals surface area contributed by atoms with Gasteiger partial charge < -0.3 is 9.31 Å². The Balaban J connectivity index is 2.16. The SMILES string of the molecule is CN1CC(=O)OB(C(C=CCc2ccccc2)OS(=O)(=O)O)OC(=O)C1. The third-order valence-corrected chi connectivity index (χ3v) is 3.78. The molecule has 1 aromatic carbocycles. The van der Waals surface area contributed by atoms with E-state index in [1.807, 2.05) is 30.3 Å².